The van der Waals surface area contributed by atoms with Gasteiger partial charge in [0.2, 0.25) is 0 Å². The average molecular weight is 270 g/mol. The molecule has 0 aliphatic rings. The van der Waals surface area contributed by atoms with Crippen molar-refractivity contribution in [1.82, 2.24) is 10.6 Å². The molecule has 1 aromatic rings. The lowest BCUT2D eigenvalue weighted by Crippen LogP contribution is -2.24. The zero-order valence-electron chi connectivity index (χ0n) is 11.7. The van der Waals surface area contributed by atoms with Crippen molar-refractivity contribution in [3.05, 3.63) is 29.6 Å². The number of hydrogen-bond donors (Lipinski definition) is 2. The van der Waals surface area contributed by atoms with E-state index in [4.69, 9.17) is 9.47 Å². The molecule has 0 bridgehead atoms. The van der Waals surface area contributed by atoms with Crippen molar-refractivity contribution in [3.8, 4) is 5.75 Å². The van der Waals surface area contributed by atoms with E-state index in [1.807, 2.05) is 0 Å². The number of halogens is 1. The molecular formula is C14H23FN2O2. The highest BCUT2D eigenvalue weighted by Crippen LogP contribution is 2.15. The van der Waals surface area contributed by atoms with Gasteiger partial charge in [0, 0.05) is 31.8 Å². The lowest BCUT2D eigenvalue weighted by Gasteiger charge is -2.08. The van der Waals surface area contributed by atoms with Crippen molar-refractivity contribution in [2.24, 2.45) is 0 Å². The summed E-state index contributed by atoms with van der Waals surface area (Å²) in [5.74, 6) is 0.314. The molecule has 0 fully saturated rings. The van der Waals surface area contributed by atoms with Gasteiger partial charge in [0.15, 0.2) is 0 Å². The summed E-state index contributed by atoms with van der Waals surface area (Å²) in [7, 11) is 3.22. The molecule has 0 unspecified atom stereocenters. The summed E-state index contributed by atoms with van der Waals surface area (Å²) in [4.78, 5) is 0. The van der Waals surface area contributed by atoms with E-state index in [9.17, 15) is 4.39 Å². The molecule has 2 N–H and O–H groups in total. The highest BCUT2D eigenvalue weighted by Gasteiger charge is 2.03. The van der Waals surface area contributed by atoms with Gasteiger partial charge in [-0.05, 0) is 25.6 Å². The van der Waals surface area contributed by atoms with E-state index in [0.29, 0.717) is 17.9 Å². The summed E-state index contributed by atoms with van der Waals surface area (Å²) < 4.78 is 23.5. The number of nitrogens with one attached hydrogen (secondary N) is 2. The van der Waals surface area contributed by atoms with Crippen molar-refractivity contribution < 1.29 is 13.9 Å². The first-order chi connectivity index (χ1) is 9.27. The second kappa shape index (κ2) is 9.72. The van der Waals surface area contributed by atoms with Gasteiger partial charge in [0.05, 0.1) is 13.7 Å². The van der Waals surface area contributed by atoms with Gasteiger partial charge in [0.25, 0.3) is 0 Å². The third kappa shape index (κ3) is 6.52. The first-order valence-corrected chi connectivity index (χ1v) is 6.50. The number of rotatable bonds is 10. The minimum absolute atomic E-state index is 0.231. The van der Waals surface area contributed by atoms with Crippen LogP contribution in [0.3, 0.4) is 0 Å². The van der Waals surface area contributed by atoms with E-state index in [0.717, 1.165) is 32.7 Å². The van der Waals surface area contributed by atoms with E-state index in [2.05, 4.69) is 10.6 Å². The normalized spacial score (nSPS) is 10.7. The molecule has 5 heteroatoms. The molecule has 108 valence electrons. The summed E-state index contributed by atoms with van der Waals surface area (Å²) in [5, 5.41) is 6.47. The zero-order chi connectivity index (χ0) is 13.9. The monoisotopic (exact) mass is 270 g/mol. The fourth-order valence-corrected chi connectivity index (χ4v) is 1.66. The predicted molar refractivity (Wildman–Crippen MR) is 74.0 cm³/mol. The van der Waals surface area contributed by atoms with Crippen LogP contribution in [0.15, 0.2) is 18.2 Å². The minimum Gasteiger partial charge on any atom is -0.497 e. The van der Waals surface area contributed by atoms with Crippen LogP contribution in [0.25, 0.3) is 0 Å². The van der Waals surface area contributed by atoms with E-state index < -0.39 is 0 Å². The van der Waals surface area contributed by atoms with Crippen LogP contribution in [0.5, 0.6) is 5.75 Å². The van der Waals surface area contributed by atoms with Gasteiger partial charge >= 0.3 is 0 Å². The van der Waals surface area contributed by atoms with Crippen LogP contribution in [0.2, 0.25) is 0 Å². The summed E-state index contributed by atoms with van der Waals surface area (Å²) in [6.07, 6.45) is 1.00. The van der Waals surface area contributed by atoms with Gasteiger partial charge in [-0.1, -0.05) is 6.07 Å². The van der Waals surface area contributed by atoms with E-state index in [-0.39, 0.29) is 5.82 Å². The first kappa shape index (κ1) is 15.9. The van der Waals surface area contributed by atoms with Gasteiger partial charge < -0.3 is 20.1 Å². The maximum absolute atomic E-state index is 13.6. The van der Waals surface area contributed by atoms with Gasteiger partial charge in [0.1, 0.15) is 11.6 Å². The fourth-order valence-electron chi connectivity index (χ4n) is 1.66. The summed E-state index contributed by atoms with van der Waals surface area (Å²) in [5.41, 5.74) is 0.660. The second-order valence-electron chi connectivity index (χ2n) is 4.23. The molecule has 19 heavy (non-hydrogen) atoms. The molecule has 1 rings (SSSR count). The minimum atomic E-state index is -0.231. The molecule has 0 amide bonds. The number of ether oxygens (including phenoxy) is 2. The molecule has 0 saturated carbocycles. The first-order valence-electron chi connectivity index (χ1n) is 6.50. The number of hydrogen-bond acceptors (Lipinski definition) is 4. The largest absolute Gasteiger partial charge is 0.497 e. The third-order valence-electron chi connectivity index (χ3n) is 2.77. The van der Waals surface area contributed by atoms with Crippen molar-refractivity contribution in [2.75, 3.05) is 40.5 Å². The van der Waals surface area contributed by atoms with Crippen LogP contribution in [-0.4, -0.2) is 40.5 Å². The lowest BCUT2D eigenvalue weighted by molar-refractivity contribution is 0.199. The van der Waals surface area contributed by atoms with Crippen LogP contribution >= 0.6 is 0 Å². The highest BCUT2D eigenvalue weighted by atomic mass is 19.1. The van der Waals surface area contributed by atoms with Gasteiger partial charge in [-0.3, -0.25) is 0 Å². The summed E-state index contributed by atoms with van der Waals surface area (Å²) in [6.45, 7) is 3.91. The molecule has 4 nitrogen and oxygen atoms in total. The SMILES string of the molecule is COCCNCCCNCc1ccc(OC)cc1F. The summed E-state index contributed by atoms with van der Waals surface area (Å²) in [6, 6.07) is 4.92. The van der Waals surface area contributed by atoms with Crippen LogP contribution < -0.4 is 15.4 Å². The number of benzene rings is 1. The smallest absolute Gasteiger partial charge is 0.131 e. The maximum atomic E-state index is 13.6. The molecule has 0 spiro atoms. The molecule has 0 saturated heterocycles. The molecule has 0 aliphatic carbocycles. The van der Waals surface area contributed by atoms with E-state index in [1.165, 1.54) is 13.2 Å². The zero-order valence-corrected chi connectivity index (χ0v) is 11.7. The van der Waals surface area contributed by atoms with Crippen molar-refractivity contribution in [1.29, 1.82) is 0 Å². The van der Waals surface area contributed by atoms with Crippen molar-refractivity contribution in [2.45, 2.75) is 13.0 Å². The van der Waals surface area contributed by atoms with Crippen molar-refractivity contribution in [3.63, 3.8) is 0 Å². The van der Waals surface area contributed by atoms with Gasteiger partial charge in [-0.25, -0.2) is 4.39 Å². The molecule has 0 atom stereocenters. The van der Waals surface area contributed by atoms with Gasteiger partial charge in [-0.2, -0.15) is 0 Å². The highest BCUT2D eigenvalue weighted by molar-refractivity contribution is 5.28. The Morgan fingerprint density at radius 3 is 2.58 bits per heavy atom. The molecular weight excluding hydrogens is 247 g/mol. The Morgan fingerprint density at radius 2 is 1.89 bits per heavy atom. The molecule has 0 aliphatic heterocycles. The van der Waals surface area contributed by atoms with Crippen molar-refractivity contribution >= 4 is 0 Å². The molecule has 0 aromatic heterocycles. The Morgan fingerprint density at radius 1 is 1.11 bits per heavy atom. The Kier molecular flexibility index (Phi) is 8.13. The predicted octanol–water partition coefficient (Wildman–Crippen LogP) is 1.55. The average Bonchev–Trinajstić information content (AvgIpc) is 2.43. The maximum Gasteiger partial charge on any atom is 0.131 e. The third-order valence-corrected chi connectivity index (χ3v) is 2.77. The Hall–Kier alpha value is -1.17. The standard InChI is InChI=1S/C14H23FN2O2/c1-18-9-8-16-6-3-7-17-11-12-4-5-13(19-2)10-14(12)15/h4-5,10,16-17H,3,6-9,11H2,1-2H3. The van der Waals surface area contributed by atoms with Crippen LogP contribution in [-0.2, 0) is 11.3 Å². The Labute approximate surface area is 114 Å². The van der Waals surface area contributed by atoms with Gasteiger partial charge in [-0.15, -0.1) is 0 Å². The Balaban J connectivity index is 2.12. The van der Waals surface area contributed by atoms with Crippen LogP contribution in [0.4, 0.5) is 4.39 Å². The quantitative estimate of drug-likeness (QED) is 0.633. The molecule has 1 aromatic carbocycles. The van der Waals surface area contributed by atoms with E-state index >= 15 is 0 Å². The van der Waals surface area contributed by atoms with E-state index in [1.54, 1.807) is 19.2 Å². The molecule has 0 radical (unpaired) electrons. The van der Waals surface area contributed by atoms with Crippen LogP contribution in [0.1, 0.15) is 12.0 Å². The van der Waals surface area contributed by atoms with Crippen LogP contribution in [0, 0.1) is 5.82 Å². The number of methoxy groups -OCH3 is 2. The fraction of sp³-hybridized carbons (Fsp3) is 0.571. The Bertz CT molecular complexity index is 361. The lowest BCUT2D eigenvalue weighted by atomic mass is 10.2. The molecule has 0 heterocycles. The summed E-state index contributed by atoms with van der Waals surface area (Å²) >= 11 is 0. The second-order valence-corrected chi connectivity index (χ2v) is 4.23. The topological polar surface area (TPSA) is 42.5 Å².